The highest BCUT2D eigenvalue weighted by Gasteiger charge is 2.13. The Labute approximate surface area is 94.7 Å². The van der Waals surface area contributed by atoms with Crippen molar-refractivity contribution in [2.75, 3.05) is 18.9 Å². The van der Waals surface area contributed by atoms with Gasteiger partial charge in [-0.3, -0.25) is 0 Å². The first kappa shape index (κ1) is 12.1. The van der Waals surface area contributed by atoms with Gasteiger partial charge in [0.15, 0.2) is 0 Å². The number of nitrogens with two attached hydrogens (primary N) is 1. The van der Waals surface area contributed by atoms with Crippen LogP contribution in [0.5, 0.6) is 5.75 Å². The van der Waals surface area contributed by atoms with E-state index in [0.29, 0.717) is 30.2 Å². The lowest BCUT2D eigenvalue weighted by Gasteiger charge is -2.10. The van der Waals surface area contributed by atoms with E-state index in [-0.39, 0.29) is 0 Å². The van der Waals surface area contributed by atoms with Crippen LogP contribution in [0.4, 0.5) is 5.69 Å². The van der Waals surface area contributed by atoms with Gasteiger partial charge in [0, 0.05) is 11.8 Å². The summed E-state index contributed by atoms with van der Waals surface area (Å²) < 4.78 is 10.2. The van der Waals surface area contributed by atoms with E-state index < -0.39 is 5.97 Å². The van der Waals surface area contributed by atoms with E-state index in [1.165, 1.54) is 0 Å². The van der Waals surface area contributed by atoms with Crippen LogP contribution in [0.1, 0.15) is 17.3 Å². The standard InChI is InChI=1S/C12H15NO3/c1-3-7-16-11-8-9(13)5-6-10(11)12(14)15-4-2/h3,5-6,8H,1,4,7,13H2,2H3. The Morgan fingerprint density at radius 3 is 2.94 bits per heavy atom. The molecular weight excluding hydrogens is 206 g/mol. The zero-order chi connectivity index (χ0) is 12.0. The number of carbonyl (C=O) groups is 1. The van der Waals surface area contributed by atoms with E-state index in [1.54, 1.807) is 31.2 Å². The summed E-state index contributed by atoms with van der Waals surface area (Å²) in [6.45, 7) is 5.92. The predicted octanol–water partition coefficient (Wildman–Crippen LogP) is 2.01. The topological polar surface area (TPSA) is 61.5 Å². The van der Waals surface area contributed by atoms with Gasteiger partial charge in [-0.2, -0.15) is 0 Å². The Balaban J connectivity index is 2.96. The fraction of sp³-hybridized carbons (Fsp3) is 0.250. The Hall–Kier alpha value is -1.97. The summed E-state index contributed by atoms with van der Waals surface area (Å²) in [7, 11) is 0. The molecule has 0 fully saturated rings. The van der Waals surface area contributed by atoms with E-state index in [9.17, 15) is 4.79 Å². The van der Waals surface area contributed by atoms with Crippen LogP contribution in [-0.4, -0.2) is 19.2 Å². The maximum absolute atomic E-state index is 11.6. The summed E-state index contributed by atoms with van der Waals surface area (Å²) in [5.74, 6) is -0.0000813. The van der Waals surface area contributed by atoms with Gasteiger partial charge in [-0.05, 0) is 19.1 Å². The molecule has 0 heterocycles. The van der Waals surface area contributed by atoms with Gasteiger partial charge in [-0.1, -0.05) is 12.7 Å². The number of benzene rings is 1. The summed E-state index contributed by atoms with van der Waals surface area (Å²) in [6, 6.07) is 4.81. The molecule has 1 aromatic rings. The van der Waals surface area contributed by atoms with E-state index in [0.717, 1.165) is 0 Å². The van der Waals surface area contributed by atoms with Crippen LogP contribution >= 0.6 is 0 Å². The summed E-state index contributed by atoms with van der Waals surface area (Å²) in [5.41, 5.74) is 6.52. The van der Waals surface area contributed by atoms with Crippen LogP contribution in [0.2, 0.25) is 0 Å². The molecule has 0 bridgehead atoms. The van der Waals surface area contributed by atoms with Crippen LogP contribution in [0.15, 0.2) is 30.9 Å². The lowest BCUT2D eigenvalue weighted by Crippen LogP contribution is -2.08. The maximum atomic E-state index is 11.6. The van der Waals surface area contributed by atoms with Gasteiger partial charge in [0.2, 0.25) is 0 Å². The summed E-state index contributed by atoms with van der Waals surface area (Å²) >= 11 is 0. The number of esters is 1. The highest BCUT2D eigenvalue weighted by atomic mass is 16.5. The number of hydrogen-bond donors (Lipinski definition) is 1. The molecule has 4 nitrogen and oxygen atoms in total. The Kier molecular flexibility index (Phi) is 4.39. The molecule has 0 radical (unpaired) electrons. The lowest BCUT2D eigenvalue weighted by atomic mass is 10.2. The fourth-order valence-electron chi connectivity index (χ4n) is 1.18. The van der Waals surface area contributed by atoms with Gasteiger partial charge < -0.3 is 15.2 Å². The molecule has 16 heavy (non-hydrogen) atoms. The molecule has 0 saturated heterocycles. The maximum Gasteiger partial charge on any atom is 0.341 e. The first-order valence-electron chi connectivity index (χ1n) is 4.99. The molecule has 2 N–H and O–H groups in total. The first-order chi connectivity index (χ1) is 7.69. The number of rotatable bonds is 5. The van der Waals surface area contributed by atoms with E-state index in [1.807, 2.05) is 0 Å². The number of hydrogen-bond acceptors (Lipinski definition) is 4. The van der Waals surface area contributed by atoms with Crippen molar-refractivity contribution >= 4 is 11.7 Å². The second-order valence-electron chi connectivity index (χ2n) is 3.08. The molecule has 1 aromatic carbocycles. The predicted molar refractivity (Wildman–Crippen MR) is 62.5 cm³/mol. The van der Waals surface area contributed by atoms with Gasteiger partial charge in [-0.15, -0.1) is 0 Å². The van der Waals surface area contributed by atoms with Crippen molar-refractivity contribution in [1.29, 1.82) is 0 Å². The molecule has 0 aliphatic heterocycles. The minimum absolute atomic E-state index is 0.315. The van der Waals surface area contributed by atoms with Crippen molar-refractivity contribution in [3.05, 3.63) is 36.4 Å². The quantitative estimate of drug-likeness (QED) is 0.469. The third-order valence-corrected chi connectivity index (χ3v) is 1.86. The van der Waals surface area contributed by atoms with Gasteiger partial charge in [0.1, 0.15) is 17.9 Å². The SMILES string of the molecule is C=CCOc1cc(N)ccc1C(=O)OCC. The van der Waals surface area contributed by atoms with Crippen molar-refractivity contribution in [2.24, 2.45) is 0 Å². The third-order valence-electron chi connectivity index (χ3n) is 1.86. The lowest BCUT2D eigenvalue weighted by molar-refractivity contribution is 0.0522. The molecule has 0 saturated carbocycles. The van der Waals surface area contributed by atoms with Crippen molar-refractivity contribution < 1.29 is 14.3 Å². The minimum atomic E-state index is -0.415. The number of anilines is 1. The Morgan fingerprint density at radius 2 is 2.31 bits per heavy atom. The molecular formula is C12H15NO3. The number of nitrogen functional groups attached to an aromatic ring is 1. The van der Waals surface area contributed by atoms with Gasteiger partial charge in [0.25, 0.3) is 0 Å². The van der Waals surface area contributed by atoms with Gasteiger partial charge in [-0.25, -0.2) is 4.79 Å². The smallest absolute Gasteiger partial charge is 0.341 e. The Bertz CT molecular complexity index is 388. The minimum Gasteiger partial charge on any atom is -0.489 e. The van der Waals surface area contributed by atoms with Crippen LogP contribution < -0.4 is 10.5 Å². The van der Waals surface area contributed by atoms with Gasteiger partial charge in [0.05, 0.1) is 6.61 Å². The second-order valence-corrected chi connectivity index (χ2v) is 3.08. The van der Waals surface area contributed by atoms with Crippen molar-refractivity contribution in [2.45, 2.75) is 6.92 Å². The second kappa shape index (κ2) is 5.80. The zero-order valence-electron chi connectivity index (χ0n) is 9.23. The Morgan fingerprint density at radius 1 is 1.56 bits per heavy atom. The normalized spacial score (nSPS) is 9.56. The molecule has 1 rings (SSSR count). The highest BCUT2D eigenvalue weighted by Crippen LogP contribution is 2.22. The third kappa shape index (κ3) is 3.02. The van der Waals surface area contributed by atoms with Crippen molar-refractivity contribution in [3.63, 3.8) is 0 Å². The van der Waals surface area contributed by atoms with Crippen molar-refractivity contribution in [3.8, 4) is 5.75 Å². The summed E-state index contributed by atoms with van der Waals surface area (Å²) in [5, 5.41) is 0. The van der Waals surface area contributed by atoms with E-state index in [4.69, 9.17) is 15.2 Å². The van der Waals surface area contributed by atoms with E-state index >= 15 is 0 Å². The summed E-state index contributed by atoms with van der Waals surface area (Å²) in [6.07, 6.45) is 1.60. The molecule has 0 amide bonds. The average Bonchev–Trinajstić information content (AvgIpc) is 2.26. The number of carbonyl (C=O) groups excluding carboxylic acids is 1. The summed E-state index contributed by atoms with van der Waals surface area (Å²) in [4.78, 5) is 11.6. The van der Waals surface area contributed by atoms with Crippen molar-refractivity contribution in [1.82, 2.24) is 0 Å². The first-order valence-corrected chi connectivity index (χ1v) is 4.99. The van der Waals surface area contributed by atoms with Gasteiger partial charge >= 0.3 is 5.97 Å². The average molecular weight is 221 g/mol. The molecule has 0 atom stereocenters. The van der Waals surface area contributed by atoms with Crippen LogP contribution in [-0.2, 0) is 4.74 Å². The molecule has 0 spiro atoms. The van der Waals surface area contributed by atoms with Crippen LogP contribution in [0.3, 0.4) is 0 Å². The molecule has 0 aromatic heterocycles. The molecule has 0 unspecified atom stereocenters. The highest BCUT2D eigenvalue weighted by molar-refractivity contribution is 5.93. The van der Waals surface area contributed by atoms with Crippen LogP contribution in [0, 0.1) is 0 Å². The van der Waals surface area contributed by atoms with Crippen LogP contribution in [0.25, 0.3) is 0 Å². The molecule has 0 aliphatic rings. The zero-order valence-corrected chi connectivity index (χ0v) is 9.23. The van der Waals surface area contributed by atoms with E-state index in [2.05, 4.69) is 6.58 Å². The molecule has 4 heteroatoms. The molecule has 86 valence electrons. The monoisotopic (exact) mass is 221 g/mol. The largest absolute Gasteiger partial charge is 0.489 e. The molecule has 0 aliphatic carbocycles. The number of ether oxygens (including phenoxy) is 2. The fourth-order valence-corrected chi connectivity index (χ4v) is 1.18.